The summed E-state index contributed by atoms with van der Waals surface area (Å²) in [7, 11) is 0. The predicted molar refractivity (Wildman–Crippen MR) is 71.6 cm³/mol. The van der Waals surface area contributed by atoms with Crippen molar-refractivity contribution < 1.29 is 4.92 Å². The van der Waals surface area contributed by atoms with Crippen LogP contribution in [0.3, 0.4) is 0 Å². The number of para-hydroxylation sites is 1. The minimum Gasteiger partial charge on any atom is -0.314 e. The van der Waals surface area contributed by atoms with Gasteiger partial charge in [-0.2, -0.15) is 0 Å². The Morgan fingerprint density at radius 3 is 2.78 bits per heavy atom. The normalized spacial score (nSPS) is 16.5. The van der Waals surface area contributed by atoms with E-state index in [-0.39, 0.29) is 10.6 Å². The fourth-order valence-corrected chi connectivity index (χ4v) is 2.48. The van der Waals surface area contributed by atoms with Crippen LogP contribution in [-0.4, -0.2) is 17.5 Å². The second kappa shape index (κ2) is 5.96. The zero-order chi connectivity index (χ0) is 13.0. The van der Waals surface area contributed by atoms with Gasteiger partial charge in [0.15, 0.2) is 0 Å². The number of hydrogen-bond donors (Lipinski definition) is 1. The lowest BCUT2D eigenvalue weighted by Gasteiger charge is -2.16. The zero-order valence-corrected chi connectivity index (χ0v) is 10.8. The average Bonchev–Trinajstić information content (AvgIpc) is 3.19. The van der Waals surface area contributed by atoms with Gasteiger partial charge in [-0.1, -0.05) is 25.1 Å². The largest absolute Gasteiger partial charge is 0.314 e. The van der Waals surface area contributed by atoms with Gasteiger partial charge in [0.2, 0.25) is 0 Å². The third-order valence-electron chi connectivity index (χ3n) is 3.57. The Bertz CT molecular complexity index is 416. The van der Waals surface area contributed by atoms with Gasteiger partial charge in [0.1, 0.15) is 0 Å². The Morgan fingerprint density at radius 2 is 2.17 bits per heavy atom. The van der Waals surface area contributed by atoms with Crippen molar-refractivity contribution in [1.29, 1.82) is 0 Å². The summed E-state index contributed by atoms with van der Waals surface area (Å²) in [4.78, 5) is 10.6. The van der Waals surface area contributed by atoms with E-state index in [2.05, 4.69) is 12.2 Å². The quantitative estimate of drug-likeness (QED) is 0.596. The number of aryl methyl sites for hydroxylation is 1. The van der Waals surface area contributed by atoms with E-state index in [1.165, 1.54) is 12.8 Å². The number of nitrogens with zero attached hydrogens (tertiary/aromatic N) is 1. The highest BCUT2D eigenvalue weighted by molar-refractivity contribution is 5.39. The van der Waals surface area contributed by atoms with Crippen molar-refractivity contribution in [3.63, 3.8) is 0 Å². The molecule has 1 fully saturated rings. The van der Waals surface area contributed by atoms with Gasteiger partial charge in [-0.15, -0.1) is 0 Å². The first-order valence-corrected chi connectivity index (χ1v) is 6.68. The van der Waals surface area contributed by atoms with E-state index < -0.39 is 0 Å². The molecule has 1 saturated carbocycles. The van der Waals surface area contributed by atoms with Crippen LogP contribution >= 0.6 is 0 Å². The first-order valence-electron chi connectivity index (χ1n) is 6.68. The molecular weight excluding hydrogens is 228 g/mol. The Kier molecular flexibility index (Phi) is 4.31. The Hall–Kier alpha value is -1.42. The Morgan fingerprint density at radius 1 is 1.44 bits per heavy atom. The van der Waals surface area contributed by atoms with Crippen molar-refractivity contribution in [2.45, 2.75) is 38.6 Å². The molecule has 1 unspecified atom stereocenters. The summed E-state index contributed by atoms with van der Waals surface area (Å²) >= 11 is 0. The molecule has 4 heteroatoms. The summed E-state index contributed by atoms with van der Waals surface area (Å²) in [5, 5.41) is 14.4. The lowest BCUT2D eigenvalue weighted by molar-refractivity contribution is -0.385. The van der Waals surface area contributed by atoms with Crippen LogP contribution in [0.2, 0.25) is 0 Å². The van der Waals surface area contributed by atoms with E-state index >= 15 is 0 Å². The monoisotopic (exact) mass is 248 g/mol. The summed E-state index contributed by atoms with van der Waals surface area (Å²) < 4.78 is 0. The molecule has 4 nitrogen and oxygen atoms in total. The van der Waals surface area contributed by atoms with Crippen LogP contribution in [0, 0.1) is 16.0 Å². The van der Waals surface area contributed by atoms with Gasteiger partial charge < -0.3 is 5.32 Å². The van der Waals surface area contributed by atoms with Gasteiger partial charge in [-0.3, -0.25) is 10.1 Å². The molecule has 1 aromatic carbocycles. The van der Waals surface area contributed by atoms with Crippen molar-refractivity contribution in [3.8, 4) is 0 Å². The van der Waals surface area contributed by atoms with Gasteiger partial charge in [-0.25, -0.2) is 0 Å². The molecule has 0 aliphatic heterocycles. The molecule has 0 bridgehead atoms. The van der Waals surface area contributed by atoms with Gasteiger partial charge in [0.05, 0.1) is 4.92 Å². The Balaban J connectivity index is 1.98. The van der Waals surface area contributed by atoms with E-state index in [0.717, 1.165) is 30.9 Å². The van der Waals surface area contributed by atoms with Gasteiger partial charge in [0.25, 0.3) is 5.69 Å². The van der Waals surface area contributed by atoms with Crippen LogP contribution < -0.4 is 5.32 Å². The van der Waals surface area contributed by atoms with Crippen molar-refractivity contribution in [3.05, 3.63) is 39.9 Å². The first kappa shape index (κ1) is 13.0. The van der Waals surface area contributed by atoms with Crippen LogP contribution in [0.15, 0.2) is 24.3 Å². The molecule has 98 valence electrons. The second-order valence-electron chi connectivity index (χ2n) is 4.93. The molecular formula is C14H20N2O2. The smallest absolute Gasteiger partial charge is 0.272 e. The van der Waals surface area contributed by atoms with Crippen LogP contribution in [-0.2, 0) is 6.42 Å². The van der Waals surface area contributed by atoms with Crippen LogP contribution in [0.25, 0.3) is 0 Å². The van der Waals surface area contributed by atoms with Crippen LogP contribution in [0.5, 0.6) is 0 Å². The SMILES string of the molecule is CCNC(CCc1ccccc1[N+](=O)[O-])C1CC1. The molecule has 1 N–H and O–H groups in total. The van der Waals surface area contributed by atoms with E-state index in [9.17, 15) is 10.1 Å². The molecule has 2 rings (SSSR count). The third-order valence-corrected chi connectivity index (χ3v) is 3.57. The molecule has 0 heterocycles. The molecule has 0 amide bonds. The molecule has 0 saturated heterocycles. The number of rotatable bonds is 7. The highest BCUT2D eigenvalue weighted by Crippen LogP contribution is 2.35. The molecule has 1 atom stereocenters. The maximum Gasteiger partial charge on any atom is 0.272 e. The fourth-order valence-electron chi connectivity index (χ4n) is 2.48. The topological polar surface area (TPSA) is 55.2 Å². The van der Waals surface area contributed by atoms with Crippen molar-refractivity contribution in [2.75, 3.05) is 6.54 Å². The van der Waals surface area contributed by atoms with Gasteiger partial charge in [0, 0.05) is 17.7 Å². The second-order valence-corrected chi connectivity index (χ2v) is 4.93. The van der Waals surface area contributed by atoms with E-state index in [1.54, 1.807) is 12.1 Å². The Labute approximate surface area is 108 Å². The van der Waals surface area contributed by atoms with E-state index in [4.69, 9.17) is 0 Å². The highest BCUT2D eigenvalue weighted by Gasteiger charge is 2.30. The van der Waals surface area contributed by atoms with Crippen molar-refractivity contribution >= 4 is 5.69 Å². The molecule has 0 radical (unpaired) electrons. The molecule has 0 aromatic heterocycles. The summed E-state index contributed by atoms with van der Waals surface area (Å²) in [6.45, 7) is 3.08. The van der Waals surface area contributed by atoms with Gasteiger partial charge >= 0.3 is 0 Å². The number of nitro groups is 1. The van der Waals surface area contributed by atoms with Crippen LogP contribution in [0.1, 0.15) is 31.7 Å². The lowest BCUT2D eigenvalue weighted by Crippen LogP contribution is -2.31. The van der Waals surface area contributed by atoms with Crippen molar-refractivity contribution in [1.82, 2.24) is 5.32 Å². The average molecular weight is 248 g/mol. The summed E-state index contributed by atoms with van der Waals surface area (Å²) in [6.07, 6.45) is 4.37. The standard InChI is InChI=1S/C14H20N2O2/c1-2-15-13(11-7-8-11)10-9-12-5-3-4-6-14(12)16(17)18/h3-6,11,13,15H,2,7-10H2,1H3. The molecule has 0 spiro atoms. The minimum atomic E-state index is -0.283. The fraction of sp³-hybridized carbons (Fsp3) is 0.571. The highest BCUT2D eigenvalue weighted by atomic mass is 16.6. The molecule has 18 heavy (non-hydrogen) atoms. The number of hydrogen-bond acceptors (Lipinski definition) is 3. The minimum absolute atomic E-state index is 0.253. The lowest BCUT2D eigenvalue weighted by atomic mass is 10.0. The predicted octanol–water partition coefficient (Wildman–Crippen LogP) is 2.92. The summed E-state index contributed by atoms with van der Waals surface area (Å²) in [6, 6.07) is 7.59. The number of nitrogens with one attached hydrogen (secondary N) is 1. The maximum absolute atomic E-state index is 10.9. The third kappa shape index (κ3) is 3.29. The number of benzene rings is 1. The maximum atomic E-state index is 10.9. The summed E-state index contributed by atoms with van der Waals surface area (Å²) in [5.41, 5.74) is 1.11. The van der Waals surface area contributed by atoms with Gasteiger partial charge in [-0.05, 0) is 38.1 Å². The molecule has 1 aliphatic rings. The first-order chi connectivity index (χ1) is 8.72. The number of nitro benzene ring substituents is 1. The van der Waals surface area contributed by atoms with E-state index in [0.29, 0.717) is 6.04 Å². The van der Waals surface area contributed by atoms with Crippen molar-refractivity contribution in [2.24, 2.45) is 5.92 Å². The zero-order valence-electron chi connectivity index (χ0n) is 10.8. The molecule has 1 aliphatic carbocycles. The molecule has 1 aromatic rings. The van der Waals surface area contributed by atoms with Crippen LogP contribution in [0.4, 0.5) is 5.69 Å². The van der Waals surface area contributed by atoms with E-state index in [1.807, 2.05) is 12.1 Å². The summed E-state index contributed by atoms with van der Waals surface area (Å²) in [5.74, 6) is 0.785.